The van der Waals surface area contributed by atoms with E-state index in [0.29, 0.717) is 23.1 Å². The lowest BCUT2D eigenvalue weighted by Gasteiger charge is -2.12. The molecule has 2 N–H and O–H groups in total. The quantitative estimate of drug-likeness (QED) is 0.761. The van der Waals surface area contributed by atoms with Crippen molar-refractivity contribution in [3.05, 3.63) is 23.8 Å². The molecule has 1 aromatic carbocycles. The van der Waals surface area contributed by atoms with Crippen LogP contribution >= 0.6 is 11.8 Å². The lowest BCUT2D eigenvalue weighted by Crippen LogP contribution is -2.26. The summed E-state index contributed by atoms with van der Waals surface area (Å²) in [5.41, 5.74) is 0.452. The van der Waals surface area contributed by atoms with Gasteiger partial charge in [-0.2, -0.15) is 11.8 Å². The van der Waals surface area contributed by atoms with Gasteiger partial charge in [0.25, 0.3) is 0 Å². The predicted molar refractivity (Wildman–Crippen MR) is 81.7 cm³/mol. The van der Waals surface area contributed by atoms with Crippen molar-refractivity contribution in [1.29, 1.82) is 0 Å². The number of aliphatic hydroxyl groups excluding tert-OH is 1. The van der Waals surface area contributed by atoms with Crippen LogP contribution in [0, 0.1) is 0 Å². The lowest BCUT2D eigenvalue weighted by molar-refractivity contribution is 0.273. The monoisotopic (exact) mass is 319 g/mol. The van der Waals surface area contributed by atoms with Gasteiger partial charge in [-0.3, -0.25) is 0 Å². The van der Waals surface area contributed by atoms with E-state index >= 15 is 0 Å². The van der Waals surface area contributed by atoms with E-state index in [1.54, 1.807) is 17.8 Å². The number of methoxy groups -OCH3 is 1. The summed E-state index contributed by atoms with van der Waals surface area (Å²) in [4.78, 5) is 0.138. The number of rotatable bonds is 8. The maximum atomic E-state index is 12.1. The van der Waals surface area contributed by atoms with Crippen LogP contribution < -0.4 is 9.46 Å². The summed E-state index contributed by atoms with van der Waals surface area (Å²) in [7, 11) is -2.07. The zero-order valence-corrected chi connectivity index (χ0v) is 13.6. The Morgan fingerprint density at radius 1 is 1.45 bits per heavy atom. The number of thioether (sulfide) groups is 1. The SMILES string of the molecule is COc1ccc(S(=O)(=O)NCCC(C)SC)cc1CO. The van der Waals surface area contributed by atoms with Crippen molar-refractivity contribution in [2.45, 2.75) is 30.1 Å². The maximum absolute atomic E-state index is 12.1. The zero-order chi connectivity index (χ0) is 15.2. The Kier molecular flexibility index (Phi) is 6.81. The van der Waals surface area contributed by atoms with E-state index in [1.807, 2.05) is 6.26 Å². The minimum Gasteiger partial charge on any atom is -0.496 e. The first-order chi connectivity index (χ1) is 9.44. The number of aliphatic hydroxyl groups is 1. The molecular formula is C13H21NO4S2. The van der Waals surface area contributed by atoms with Gasteiger partial charge in [0.2, 0.25) is 10.0 Å². The van der Waals surface area contributed by atoms with Gasteiger partial charge in [0.15, 0.2) is 0 Å². The summed E-state index contributed by atoms with van der Waals surface area (Å²) in [6, 6.07) is 4.45. The molecule has 0 amide bonds. The first-order valence-corrected chi connectivity index (χ1v) is 9.02. The molecule has 0 radical (unpaired) electrons. The minimum absolute atomic E-state index is 0.138. The van der Waals surface area contributed by atoms with Crippen LogP contribution in [0.5, 0.6) is 5.75 Å². The molecular weight excluding hydrogens is 298 g/mol. The second-order valence-electron chi connectivity index (χ2n) is 4.36. The number of benzene rings is 1. The first-order valence-electron chi connectivity index (χ1n) is 6.24. The molecule has 0 saturated heterocycles. The van der Waals surface area contributed by atoms with Gasteiger partial charge < -0.3 is 9.84 Å². The molecule has 1 aromatic rings. The minimum atomic E-state index is -3.55. The van der Waals surface area contributed by atoms with Gasteiger partial charge in [0, 0.05) is 17.4 Å². The van der Waals surface area contributed by atoms with E-state index in [-0.39, 0.29) is 11.5 Å². The Balaban J connectivity index is 2.82. The zero-order valence-electron chi connectivity index (χ0n) is 11.9. The molecule has 0 aromatic heterocycles. The summed E-state index contributed by atoms with van der Waals surface area (Å²) in [5.74, 6) is 0.474. The molecule has 0 heterocycles. The van der Waals surface area contributed by atoms with Gasteiger partial charge >= 0.3 is 0 Å². The molecule has 0 spiro atoms. The Morgan fingerprint density at radius 2 is 2.15 bits per heavy atom. The maximum Gasteiger partial charge on any atom is 0.240 e. The molecule has 0 bridgehead atoms. The van der Waals surface area contributed by atoms with Crippen molar-refractivity contribution in [2.24, 2.45) is 0 Å². The van der Waals surface area contributed by atoms with Gasteiger partial charge in [-0.15, -0.1) is 0 Å². The van der Waals surface area contributed by atoms with Crippen molar-refractivity contribution in [1.82, 2.24) is 4.72 Å². The molecule has 114 valence electrons. The fourth-order valence-electron chi connectivity index (χ4n) is 1.64. The molecule has 1 rings (SSSR count). The Bertz CT molecular complexity index is 531. The van der Waals surface area contributed by atoms with E-state index < -0.39 is 10.0 Å². The summed E-state index contributed by atoms with van der Waals surface area (Å²) >= 11 is 1.70. The van der Waals surface area contributed by atoms with Crippen LogP contribution in [0.4, 0.5) is 0 Å². The van der Waals surface area contributed by atoms with Gasteiger partial charge in [-0.25, -0.2) is 13.1 Å². The van der Waals surface area contributed by atoms with Crippen molar-refractivity contribution >= 4 is 21.8 Å². The van der Waals surface area contributed by atoms with Gasteiger partial charge in [-0.05, 0) is 30.9 Å². The van der Waals surface area contributed by atoms with Gasteiger partial charge in [0.1, 0.15) is 5.75 Å². The Hall–Kier alpha value is -0.760. The highest BCUT2D eigenvalue weighted by atomic mass is 32.2. The van der Waals surface area contributed by atoms with Crippen molar-refractivity contribution < 1.29 is 18.3 Å². The summed E-state index contributed by atoms with van der Waals surface area (Å²) in [6.45, 7) is 2.18. The number of nitrogens with one attached hydrogen (secondary N) is 1. The predicted octanol–water partition coefficient (Wildman–Crippen LogP) is 1.61. The summed E-state index contributed by atoms with van der Waals surface area (Å²) in [5, 5.41) is 9.63. The second-order valence-corrected chi connectivity index (χ2v) is 7.41. The first kappa shape index (κ1) is 17.3. The topological polar surface area (TPSA) is 75.6 Å². The summed E-state index contributed by atoms with van der Waals surface area (Å²) < 4.78 is 31.9. The molecule has 1 atom stereocenters. The number of sulfonamides is 1. The highest BCUT2D eigenvalue weighted by Crippen LogP contribution is 2.22. The molecule has 0 aliphatic carbocycles. The van der Waals surface area contributed by atoms with E-state index in [1.165, 1.54) is 19.2 Å². The Labute approximate surface area is 124 Å². The molecule has 1 unspecified atom stereocenters. The Morgan fingerprint density at radius 3 is 2.70 bits per heavy atom. The smallest absolute Gasteiger partial charge is 0.240 e. The third kappa shape index (κ3) is 4.66. The van der Waals surface area contributed by atoms with Crippen molar-refractivity contribution in [3.8, 4) is 5.75 Å². The molecule has 7 heteroatoms. The highest BCUT2D eigenvalue weighted by Gasteiger charge is 2.16. The molecule has 0 aliphatic heterocycles. The summed E-state index contributed by atoms with van der Waals surface area (Å²) in [6.07, 6.45) is 2.76. The highest BCUT2D eigenvalue weighted by molar-refractivity contribution is 7.99. The van der Waals surface area contributed by atoms with E-state index in [4.69, 9.17) is 4.74 Å². The fraction of sp³-hybridized carbons (Fsp3) is 0.538. The van der Waals surface area contributed by atoms with E-state index in [2.05, 4.69) is 11.6 Å². The number of hydrogen-bond donors (Lipinski definition) is 2. The molecule has 0 saturated carbocycles. The molecule has 0 fully saturated rings. The van der Waals surface area contributed by atoms with Crippen LogP contribution in [0.15, 0.2) is 23.1 Å². The van der Waals surface area contributed by atoms with Gasteiger partial charge in [-0.1, -0.05) is 6.92 Å². The van der Waals surface area contributed by atoms with Crippen LogP contribution in [0.1, 0.15) is 18.9 Å². The molecule has 0 aliphatic rings. The third-order valence-corrected chi connectivity index (χ3v) is 5.48. The van der Waals surface area contributed by atoms with Crippen molar-refractivity contribution in [3.63, 3.8) is 0 Å². The molecule has 20 heavy (non-hydrogen) atoms. The second kappa shape index (κ2) is 7.87. The molecule has 5 nitrogen and oxygen atoms in total. The number of ether oxygens (including phenoxy) is 1. The lowest BCUT2D eigenvalue weighted by atomic mass is 10.2. The normalized spacial score (nSPS) is 13.2. The van der Waals surface area contributed by atoms with Gasteiger partial charge in [0.05, 0.1) is 18.6 Å². The van der Waals surface area contributed by atoms with E-state index in [0.717, 1.165) is 6.42 Å². The largest absolute Gasteiger partial charge is 0.496 e. The van der Waals surface area contributed by atoms with E-state index in [9.17, 15) is 13.5 Å². The van der Waals surface area contributed by atoms with Crippen LogP contribution in [-0.2, 0) is 16.6 Å². The van der Waals surface area contributed by atoms with Crippen LogP contribution in [0.3, 0.4) is 0 Å². The number of hydrogen-bond acceptors (Lipinski definition) is 5. The standard InChI is InChI=1S/C13H21NO4S2/c1-10(19-3)6-7-14-20(16,17)12-4-5-13(18-2)11(8-12)9-15/h4-5,8,10,14-15H,6-7,9H2,1-3H3. The average molecular weight is 319 g/mol. The van der Waals surface area contributed by atoms with Crippen LogP contribution in [0.25, 0.3) is 0 Å². The van der Waals surface area contributed by atoms with Crippen molar-refractivity contribution in [2.75, 3.05) is 19.9 Å². The third-order valence-electron chi connectivity index (χ3n) is 2.98. The van der Waals surface area contributed by atoms with Crippen LogP contribution in [-0.4, -0.2) is 38.7 Å². The van der Waals surface area contributed by atoms with Crippen LogP contribution in [0.2, 0.25) is 0 Å². The fourth-order valence-corrected chi connectivity index (χ4v) is 3.09. The average Bonchev–Trinajstić information content (AvgIpc) is 2.45.